The van der Waals surface area contributed by atoms with Crippen molar-refractivity contribution in [1.82, 2.24) is 14.5 Å². The summed E-state index contributed by atoms with van der Waals surface area (Å²) in [6.07, 6.45) is 3.60. The van der Waals surface area contributed by atoms with E-state index in [-0.39, 0.29) is 12.5 Å². The van der Waals surface area contributed by atoms with Crippen molar-refractivity contribution in [3.8, 4) is 0 Å². The van der Waals surface area contributed by atoms with Crippen LogP contribution in [0.25, 0.3) is 0 Å². The number of hydrogen-bond acceptors (Lipinski definition) is 3. The molecule has 1 heterocycles. The Morgan fingerprint density at radius 2 is 2.46 bits per heavy atom. The standard InChI is InChI=1S/C8H14N4O/c1-11(5-7(9)13)6-8-10-3-4-12(8)2/h3-4H,5-6H2,1-2H3,(H2,9,13). The predicted octanol–water partition coefficient (Wildman–Crippen LogP) is -0.663. The highest BCUT2D eigenvalue weighted by atomic mass is 16.1. The molecule has 0 atom stereocenters. The Bertz CT molecular complexity index is 294. The molecule has 5 heteroatoms. The maximum absolute atomic E-state index is 10.6. The van der Waals surface area contributed by atoms with Gasteiger partial charge in [-0.05, 0) is 7.05 Å². The summed E-state index contributed by atoms with van der Waals surface area (Å²) in [6.45, 7) is 0.888. The molecule has 1 aromatic rings. The van der Waals surface area contributed by atoms with Gasteiger partial charge in [0.25, 0.3) is 0 Å². The number of aromatic nitrogens is 2. The van der Waals surface area contributed by atoms with Crippen LogP contribution in [0.1, 0.15) is 5.82 Å². The number of aryl methyl sites for hydroxylation is 1. The Labute approximate surface area is 77.2 Å². The molecule has 0 radical (unpaired) electrons. The van der Waals surface area contributed by atoms with Crippen LogP contribution < -0.4 is 5.73 Å². The fourth-order valence-electron chi connectivity index (χ4n) is 1.11. The van der Waals surface area contributed by atoms with E-state index in [0.717, 1.165) is 5.82 Å². The molecule has 0 aliphatic rings. The first-order chi connectivity index (χ1) is 6.09. The molecule has 1 amide bonds. The van der Waals surface area contributed by atoms with Gasteiger partial charge >= 0.3 is 0 Å². The Morgan fingerprint density at radius 1 is 1.77 bits per heavy atom. The average molecular weight is 182 g/mol. The van der Waals surface area contributed by atoms with Gasteiger partial charge in [0.2, 0.25) is 5.91 Å². The largest absolute Gasteiger partial charge is 0.369 e. The van der Waals surface area contributed by atoms with E-state index in [9.17, 15) is 4.79 Å². The van der Waals surface area contributed by atoms with E-state index in [1.165, 1.54) is 0 Å². The lowest BCUT2D eigenvalue weighted by molar-refractivity contribution is -0.118. The summed E-state index contributed by atoms with van der Waals surface area (Å²) in [4.78, 5) is 16.5. The summed E-state index contributed by atoms with van der Waals surface area (Å²) < 4.78 is 1.91. The number of hydrogen-bond donors (Lipinski definition) is 1. The number of primary amides is 1. The number of rotatable bonds is 4. The second-order valence-electron chi connectivity index (χ2n) is 3.09. The topological polar surface area (TPSA) is 64.2 Å². The lowest BCUT2D eigenvalue weighted by Crippen LogP contribution is -2.30. The van der Waals surface area contributed by atoms with Crippen LogP contribution in [0.3, 0.4) is 0 Å². The van der Waals surface area contributed by atoms with E-state index in [1.54, 1.807) is 6.20 Å². The summed E-state index contributed by atoms with van der Waals surface area (Å²) >= 11 is 0. The Kier molecular flexibility index (Phi) is 3.02. The lowest BCUT2D eigenvalue weighted by atomic mass is 10.5. The van der Waals surface area contributed by atoms with E-state index < -0.39 is 0 Å². The normalized spacial score (nSPS) is 10.7. The van der Waals surface area contributed by atoms with E-state index in [0.29, 0.717) is 6.54 Å². The molecular weight excluding hydrogens is 168 g/mol. The van der Waals surface area contributed by atoms with E-state index in [1.807, 2.05) is 29.8 Å². The van der Waals surface area contributed by atoms with Crippen LogP contribution in [-0.4, -0.2) is 34.0 Å². The third kappa shape index (κ3) is 2.87. The van der Waals surface area contributed by atoms with Crippen molar-refractivity contribution in [2.45, 2.75) is 6.54 Å². The first-order valence-corrected chi connectivity index (χ1v) is 4.02. The van der Waals surface area contributed by atoms with Gasteiger partial charge in [0.05, 0.1) is 13.1 Å². The van der Waals surface area contributed by atoms with Gasteiger partial charge in [0.15, 0.2) is 0 Å². The minimum Gasteiger partial charge on any atom is -0.369 e. The number of imidazole rings is 1. The molecule has 13 heavy (non-hydrogen) atoms. The third-order valence-corrected chi connectivity index (χ3v) is 1.76. The van der Waals surface area contributed by atoms with Crippen molar-refractivity contribution >= 4 is 5.91 Å². The summed E-state index contributed by atoms with van der Waals surface area (Å²) in [6, 6.07) is 0. The Balaban J connectivity index is 2.49. The number of amides is 1. The molecule has 0 aliphatic heterocycles. The van der Waals surface area contributed by atoms with E-state index in [4.69, 9.17) is 5.73 Å². The van der Waals surface area contributed by atoms with Crippen LogP contribution in [0.2, 0.25) is 0 Å². The maximum Gasteiger partial charge on any atom is 0.231 e. The zero-order valence-electron chi connectivity index (χ0n) is 7.90. The van der Waals surface area contributed by atoms with Crippen LogP contribution >= 0.6 is 0 Å². The third-order valence-electron chi connectivity index (χ3n) is 1.76. The van der Waals surface area contributed by atoms with Crippen molar-refractivity contribution in [1.29, 1.82) is 0 Å². The van der Waals surface area contributed by atoms with Gasteiger partial charge in [-0.2, -0.15) is 0 Å². The lowest BCUT2D eigenvalue weighted by Gasteiger charge is -2.13. The van der Waals surface area contributed by atoms with Gasteiger partial charge < -0.3 is 10.3 Å². The first-order valence-electron chi connectivity index (χ1n) is 4.02. The second-order valence-corrected chi connectivity index (χ2v) is 3.09. The van der Waals surface area contributed by atoms with Crippen molar-refractivity contribution in [3.63, 3.8) is 0 Å². The molecule has 72 valence electrons. The quantitative estimate of drug-likeness (QED) is 0.672. The number of nitrogens with two attached hydrogens (primary N) is 1. The van der Waals surface area contributed by atoms with Gasteiger partial charge in [-0.3, -0.25) is 9.69 Å². The molecule has 0 fully saturated rings. The van der Waals surface area contributed by atoms with Crippen LogP contribution in [0.4, 0.5) is 0 Å². The summed E-state index contributed by atoms with van der Waals surface area (Å²) in [5.74, 6) is 0.598. The maximum atomic E-state index is 10.6. The van der Waals surface area contributed by atoms with Gasteiger partial charge in [0.1, 0.15) is 5.82 Å². The predicted molar refractivity (Wildman–Crippen MR) is 48.7 cm³/mol. The first kappa shape index (κ1) is 9.73. The average Bonchev–Trinajstić information content (AvgIpc) is 2.34. The monoisotopic (exact) mass is 182 g/mol. The minimum atomic E-state index is -0.322. The molecule has 0 aliphatic carbocycles. The highest BCUT2D eigenvalue weighted by Gasteiger charge is 2.06. The second kappa shape index (κ2) is 4.04. The van der Waals surface area contributed by atoms with Crippen molar-refractivity contribution in [3.05, 3.63) is 18.2 Å². The fraction of sp³-hybridized carbons (Fsp3) is 0.500. The number of carbonyl (C=O) groups excluding carboxylic acids is 1. The SMILES string of the molecule is CN(CC(N)=O)Cc1nccn1C. The van der Waals surface area contributed by atoms with Crippen molar-refractivity contribution in [2.24, 2.45) is 12.8 Å². The van der Waals surface area contributed by atoms with Crippen LogP contribution in [-0.2, 0) is 18.4 Å². The molecule has 0 aromatic carbocycles. The molecule has 0 saturated carbocycles. The number of carbonyl (C=O) groups is 1. The Hall–Kier alpha value is -1.36. The number of nitrogens with zero attached hydrogens (tertiary/aromatic N) is 3. The van der Waals surface area contributed by atoms with Gasteiger partial charge in [-0.1, -0.05) is 0 Å². The molecule has 0 unspecified atom stereocenters. The molecule has 0 saturated heterocycles. The van der Waals surface area contributed by atoms with Gasteiger partial charge in [-0.25, -0.2) is 4.98 Å². The van der Waals surface area contributed by atoms with Crippen molar-refractivity contribution in [2.75, 3.05) is 13.6 Å². The van der Waals surface area contributed by atoms with E-state index in [2.05, 4.69) is 4.98 Å². The molecule has 5 nitrogen and oxygen atoms in total. The molecule has 1 rings (SSSR count). The molecule has 0 bridgehead atoms. The highest BCUT2D eigenvalue weighted by molar-refractivity contribution is 5.75. The van der Waals surface area contributed by atoms with Crippen LogP contribution in [0.15, 0.2) is 12.4 Å². The zero-order chi connectivity index (χ0) is 9.84. The molecule has 2 N–H and O–H groups in total. The summed E-state index contributed by atoms with van der Waals surface area (Å²) in [5, 5.41) is 0. The van der Waals surface area contributed by atoms with Crippen LogP contribution in [0, 0.1) is 0 Å². The summed E-state index contributed by atoms with van der Waals surface area (Å²) in [7, 11) is 3.75. The van der Waals surface area contributed by atoms with Gasteiger partial charge in [0, 0.05) is 19.4 Å². The molecular formula is C8H14N4O. The fourth-order valence-corrected chi connectivity index (χ4v) is 1.11. The Morgan fingerprint density at radius 3 is 2.92 bits per heavy atom. The zero-order valence-corrected chi connectivity index (χ0v) is 7.90. The minimum absolute atomic E-state index is 0.257. The van der Waals surface area contributed by atoms with E-state index >= 15 is 0 Å². The molecule has 1 aromatic heterocycles. The highest BCUT2D eigenvalue weighted by Crippen LogP contribution is 1.98. The van der Waals surface area contributed by atoms with Crippen molar-refractivity contribution < 1.29 is 4.79 Å². The summed E-state index contributed by atoms with van der Waals surface area (Å²) in [5.41, 5.74) is 5.05. The smallest absolute Gasteiger partial charge is 0.231 e. The number of likely N-dealkylation sites (N-methyl/N-ethyl adjacent to an activating group) is 1. The van der Waals surface area contributed by atoms with Gasteiger partial charge in [-0.15, -0.1) is 0 Å². The molecule has 0 spiro atoms. The van der Waals surface area contributed by atoms with Crippen LogP contribution in [0.5, 0.6) is 0 Å².